The maximum atomic E-state index is 6.20. The second-order valence-corrected chi connectivity index (χ2v) is 6.29. The maximum Gasteiger partial charge on any atom is 0.134 e. The van der Waals surface area contributed by atoms with Crippen LogP contribution >= 0.6 is 11.6 Å². The van der Waals surface area contributed by atoms with Crippen molar-refractivity contribution in [2.45, 2.75) is 6.92 Å². The predicted molar refractivity (Wildman–Crippen MR) is 102 cm³/mol. The van der Waals surface area contributed by atoms with Crippen LogP contribution in [0, 0.1) is 6.92 Å². The van der Waals surface area contributed by atoms with E-state index in [0.29, 0.717) is 10.8 Å². The molecule has 0 unspecified atom stereocenters. The van der Waals surface area contributed by atoms with E-state index in [4.69, 9.17) is 17.3 Å². The van der Waals surface area contributed by atoms with Gasteiger partial charge in [0.05, 0.1) is 11.2 Å². The lowest BCUT2D eigenvalue weighted by atomic mass is 9.96. The van der Waals surface area contributed by atoms with Crippen LogP contribution in [0.5, 0.6) is 0 Å². The number of aromatic nitrogens is 3. The molecule has 0 aliphatic rings. The van der Waals surface area contributed by atoms with Crippen molar-refractivity contribution < 1.29 is 0 Å². The number of nitrogens with zero attached hydrogens (tertiary/aromatic N) is 3. The normalized spacial score (nSPS) is 11.0. The summed E-state index contributed by atoms with van der Waals surface area (Å²) in [5, 5.41) is 1.52. The third-order valence-electron chi connectivity index (χ3n) is 4.24. The molecule has 0 radical (unpaired) electrons. The highest BCUT2D eigenvalue weighted by Crippen LogP contribution is 2.34. The van der Waals surface area contributed by atoms with Gasteiger partial charge in [-0.2, -0.15) is 0 Å². The zero-order valence-corrected chi connectivity index (χ0v) is 14.3. The molecule has 4 nitrogen and oxygen atoms in total. The topological polar surface area (TPSA) is 64.7 Å². The van der Waals surface area contributed by atoms with Crippen molar-refractivity contribution >= 4 is 28.3 Å². The van der Waals surface area contributed by atoms with E-state index < -0.39 is 0 Å². The highest BCUT2D eigenvalue weighted by molar-refractivity contribution is 6.30. The first-order valence-corrected chi connectivity index (χ1v) is 8.23. The summed E-state index contributed by atoms with van der Waals surface area (Å²) in [6.07, 6.45) is 3.26. The molecule has 0 aliphatic heterocycles. The Morgan fingerprint density at radius 3 is 2.68 bits per heavy atom. The number of benzene rings is 2. The first-order valence-electron chi connectivity index (χ1n) is 7.85. The Morgan fingerprint density at radius 2 is 1.80 bits per heavy atom. The van der Waals surface area contributed by atoms with Gasteiger partial charge in [-0.05, 0) is 48.4 Å². The molecule has 0 spiro atoms. The molecule has 0 bridgehead atoms. The molecule has 0 saturated heterocycles. The minimum absolute atomic E-state index is 0.469. The third kappa shape index (κ3) is 2.81. The Hall–Kier alpha value is -2.98. The van der Waals surface area contributed by atoms with Gasteiger partial charge in [-0.3, -0.25) is 4.98 Å². The van der Waals surface area contributed by atoms with Crippen LogP contribution in [0.2, 0.25) is 5.02 Å². The molecule has 2 heterocycles. The van der Waals surface area contributed by atoms with Crippen molar-refractivity contribution in [3.8, 4) is 22.4 Å². The second kappa shape index (κ2) is 6.15. The Balaban J connectivity index is 1.96. The van der Waals surface area contributed by atoms with Gasteiger partial charge in [0.1, 0.15) is 12.1 Å². The van der Waals surface area contributed by atoms with E-state index in [0.717, 1.165) is 38.9 Å². The molecule has 4 rings (SSSR count). The highest BCUT2D eigenvalue weighted by Gasteiger charge is 2.12. The van der Waals surface area contributed by atoms with Crippen molar-refractivity contribution in [3.63, 3.8) is 0 Å². The van der Waals surface area contributed by atoms with E-state index in [9.17, 15) is 0 Å². The van der Waals surface area contributed by atoms with E-state index in [2.05, 4.69) is 21.9 Å². The van der Waals surface area contributed by atoms with E-state index in [-0.39, 0.29) is 0 Å². The van der Waals surface area contributed by atoms with Crippen LogP contribution in [0.15, 0.2) is 61.1 Å². The van der Waals surface area contributed by atoms with E-state index in [1.54, 1.807) is 6.20 Å². The van der Waals surface area contributed by atoms with Gasteiger partial charge in [0, 0.05) is 27.7 Å². The van der Waals surface area contributed by atoms with Gasteiger partial charge >= 0.3 is 0 Å². The summed E-state index contributed by atoms with van der Waals surface area (Å²) in [6, 6.07) is 15.8. The van der Waals surface area contributed by atoms with Gasteiger partial charge in [0.25, 0.3) is 0 Å². The number of halogens is 1. The summed E-state index contributed by atoms with van der Waals surface area (Å²) in [4.78, 5) is 12.9. The van der Waals surface area contributed by atoms with Gasteiger partial charge in [0.2, 0.25) is 0 Å². The van der Waals surface area contributed by atoms with Gasteiger partial charge < -0.3 is 5.73 Å². The Bertz CT molecular complexity index is 1090. The monoisotopic (exact) mass is 346 g/mol. The molecular formula is C20H15ClN4. The van der Waals surface area contributed by atoms with Crippen molar-refractivity contribution in [3.05, 3.63) is 71.6 Å². The number of nitrogen functional groups attached to an aromatic ring is 1. The smallest absolute Gasteiger partial charge is 0.134 e. The molecule has 4 aromatic rings. The van der Waals surface area contributed by atoms with Crippen molar-refractivity contribution in [1.82, 2.24) is 15.0 Å². The average molecular weight is 347 g/mol. The minimum Gasteiger partial charge on any atom is -0.383 e. The number of pyridine rings is 1. The Labute approximate surface area is 150 Å². The molecule has 2 N–H and O–H groups in total. The van der Waals surface area contributed by atoms with Crippen molar-refractivity contribution in [2.24, 2.45) is 0 Å². The molecule has 0 amide bonds. The quantitative estimate of drug-likeness (QED) is 0.560. The highest BCUT2D eigenvalue weighted by atomic mass is 35.5. The van der Waals surface area contributed by atoms with E-state index >= 15 is 0 Å². The summed E-state index contributed by atoms with van der Waals surface area (Å²) in [6.45, 7) is 2.05. The van der Waals surface area contributed by atoms with Crippen molar-refractivity contribution in [1.29, 1.82) is 0 Å². The maximum absolute atomic E-state index is 6.20. The summed E-state index contributed by atoms with van der Waals surface area (Å²) in [5.41, 5.74) is 11.9. The molecule has 0 atom stereocenters. The van der Waals surface area contributed by atoms with Crippen LogP contribution in [0.25, 0.3) is 33.3 Å². The first-order chi connectivity index (χ1) is 12.1. The molecule has 25 heavy (non-hydrogen) atoms. The van der Waals surface area contributed by atoms with Crippen LogP contribution in [0.4, 0.5) is 5.82 Å². The largest absolute Gasteiger partial charge is 0.383 e. The molecule has 5 heteroatoms. The lowest BCUT2D eigenvalue weighted by molar-refractivity contribution is 1.23. The van der Waals surface area contributed by atoms with Gasteiger partial charge in [-0.1, -0.05) is 29.8 Å². The first kappa shape index (κ1) is 15.5. The number of rotatable bonds is 2. The molecule has 2 aromatic carbocycles. The van der Waals surface area contributed by atoms with Crippen molar-refractivity contribution in [2.75, 3.05) is 5.73 Å². The van der Waals surface area contributed by atoms with Gasteiger partial charge in [-0.25, -0.2) is 9.97 Å². The van der Waals surface area contributed by atoms with Crippen LogP contribution in [-0.2, 0) is 0 Å². The second-order valence-electron chi connectivity index (χ2n) is 5.85. The average Bonchev–Trinajstić information content (AvgIpc) is 2.64. The number of nitrogens with two attached hydrogens (primary N) is 1. The molecular weight excluding hydrogens is 332 g/mol. The fraction of sp³-hybridized carbons (Fsp3) is 0.0500. The van der Waals surface area contributed by atoms with Gasteiger partial charge in [0.15, 0.2) is 0 Å². The molecule has 122 valence electrons. The molecule has 0 fully saturated rings. The Morgan fingerprint density at radius 1 is 0.920 bits per heavy atom. The summed E-state index contributed by atoms with van der Waals surface area (Å²) in [5.74, 6) is 0.469. The van der Waals surface area contributed by atoms with Gasteiger partial charge in [-0.15, -0.1) is 0 Å². The van der Waals surface area contributed by atoms with Crippen LogP contribution in [0.1, 0.15) is 5.56 Å². The SMILES string of the molecule is Cc1ccc(Cl)cc1-c1ncccc1-c1ccc2ncnc(N)c2c1. The minimum atomic E-state index is 0.469. The number of fused-ring (bicyclic) bond motifs is 1. The van der Waals surface area contributed by atoms with Crippen LogP contribution in [-0.4, -0.2) is 15.0 Å². The standard InChI is InChI=1S/C20H15ClN4/c1-12-4-6-14(21)10-16(12)19-15(3-2-8-23-19)13-5-7-18-17(9-13)20(22)25-11-24-18/h2-11H,1H3,(H2,22,24,25). The fourth-order valence-corrected chi connectivity index (χ4v) is 3.12. The molecule has 0 saturated carbocycles. The summed E-state index contributed by atoms with van der Waals surface area (Å²) >= 11 is 6.20. The van der Waals surface area contributed by atoms with Crippen LogP contribution in [0.3, 0.4) is 0 Å². The number of anilines is 1. The third-order valence-corrected chi connectivity index (χ3v) is 4.47. The Kier molecular flexibility index (Phi) is 3.82. The fourth-order valence-electron chi connectivity index (χ4n) is 2.95. The zero-order valence-electron chi connectivity index (χ0n) is 13.6. The lowest BCUT2D eigenvalue weighted by Gasteiger charge is -2.12. The number of hydrogen-bond donors (Lipinski definition) is 1. The lowest BCUT2D eigenvalue weighted by Crippen LogP contribution is -1.95. The molecule has 2 aromatic heterocycles. The summed E-state index contributed by atoms with van der Waals surface area (Å²) < 4.78 is 0. The number of hydrogen-bond acceptors (Lipinski definition) is 4. The van der Waals surface area contributed by atoms with Crippen LogP contribution < -0.4 is 5.73 Å². The summed E-state index contributed by atoms with van der Waals surface area (Å²) in [7, 11) is 0. The predicted octanol–water partition coefficient (Wildman–Crippen LogP) is 4.90. The van der Waals surface area contributed by atoms with E-state index in [1.807, 2.05) is 48.5 Å². The molecule has 0 aliphatic carbocycles. The van der Waals surface area contributed by atoms with E-state index in [1.165, 1.54) is 6.33 Å². The number of aryl methyl sites for hydroxylation is 1. The zero-order chi connectivity index (χ0) is 17.4.